The molecule has 0 radical (unpaired) electrons. The number of hydrogen-bond donors (Lipinski definition) is 1. The van der Waals surface area contributed by atoms with E-state index in [9.17, 15) is 4.79 Å². The third-order valence-corrected chi connectivity index (χ3v) is 3.48. The smallest absolute Gasteiger partial charge is 0.283 e. The molecular weight excluding hydrogens is 322 g/mol. The van der Waals surface area contributed by atoms with Crippen LogP contribution in [0.2, 0.25) is 0 Å². The Bertz CT molecular complexity index is 614. The SMILES string of the molecule is CCn1ncc(NCCOc2ccccc2)c(Br)c1=O. The summed E-state index contributed by atoms with van der Waals surface area (Å²) in [6.45, 7) is 3.52. The van der Waals surface area contributed by atoms with Crippen LogP contribution in [0.1, 0.15) is 6.92 Å². The molecule has 0 aliphatic carbocycles. The number of rotatable bonds is 6. The van der Waals surface area contributed by atoms with Crippen molar-refractivity contribution in [2.45, 2.75) is 13.5 Å². The molecule has 0 bridgehead atoms. The Labute approximate surface area is 125 Å². The first kappa shape index (κ1) is 14.6. The number of nitrogens with zero attached hydrogens (tertiary/aromatic N) is 2. The van der Waals surface area contributed by atoms with Crippen LogP contribution in [-0.4, -0.2) is 22.9 Å². The average Bonchev–Trinajstić information content (AvgIpc) is 2.49. The maximum atomic E-state index is 11.9. The normalized spacial score (nSPS) is 10.3. The fraction of sp³-hybridized carbons (Fsp3) is 0.286. The first-order valence-corrected chi connectivity index (χ1v) is 7.19. The maximum Gasteiger partial charge on any atom is 0.283 e. The quantitative estimate of drug-likeness (QED) is 0.823. The summed E-state index contributed by atoms with van der Waals surface area (Å²) in [5, 5.41) is 7.19. The third-order valence-electron chi connectivity index (χ3n) is 2.71. The Morgan fingerprint density at radius 3 is 2.80 bits per heavy atom. The zero-order valence-electron chi connectivity index (χ0n) is 11.2. The number of nitrogens with one attached hydrogen (secondary N) is 1. The number of anilines is 1. The van der Waals surface area contributed by atoms with E-state index in [0.717, 1.165) is 5.75 Å². The molecule has 0 aliphatic rings. The molecule has 6 heteroatoms. The van der Waals surface area contributed by atoms with Gasteiger partial charge in [-0.2, -0.15) is 5.10 Å². The van der Waals surface area contributed by atoms with Crippen LogP contribution in [0, 0.1) is 0 Å². The molecule has 2 aromatic rings. The number of ether oxygens (including phenoxy) is 1. The number of halogens is 1. The molecule has 0 aliphatic heterocycles. The highest BCUT2D eigenvalue weighted by molar-refractivity contribution is 9.10. The van der Waals surface area contributed by atoms with E-state index in [1.165, 1.54) is 4.68 Å². The molecule has 0 atom stereocenters. The molecular formula is C14H16BrN3O2. The Morgan fingerprint density at radius 2 is 2.10 bits per heavy atom. The van der Waals surface area contributed by atoms with E-state index in [1.807, 2.05) is 37.3 Å². The Kier molecular flexibility index (Phi) is 5.17. The minimum absolute atomic E-state index is 0.138. The minimum atomic E-state index is -0.138. The zero-order chi connectivity index (χ0) is 14.4. The summed E-state index contributed by atoms with van der Waals surface area (Å²) in [6, 6.07) is 9.60. The van der Waals surface area contributed by atoms with E-state index in [0.29, 0.717) is 29.9 Å². The third kappa shape index (κ3) is 3.60. The van der Waals surface area contributed by atoms with Gasteiger partial charge < -0.3 is 10.1 Å². The van der Waals surface area contributed by atoms with Gasteiger partial charge in [-0.15, -0.1) is 0 Å². The number of benzene rings is 1. The molecule has 1 aromatic carbocycles. The Morgan fingerprint density at radius 1 is 1.35 bits per heavy atom. The molecule has 1 aromatic heterocycles. The van der Waals surface area contributed by atoms with E-state index in [1.54, 1.807) is 6.20 Å². The molecule has 20 heavy (non-hydrogen) atoms. The fourth-order valence-electron chi connectivity index (χ4n) is 1.68. The molecule has 0 fully saturated rings. The second-order valence-electron chi connectivity index (χ2n) is 4.08. The molecule has 5 nitrogen and oxygen atoms in total. The van der Waals surface area contributed by atoms with Gasteiger partial charge in [0.1, 0.15) is 16.8 Å². The summed E-state index contributed by atoms with van der Waals surface area (Å²) in [5.41, 5.74) is 0.540. The van der Waals surface area contributed by atoms with Gasteiger partial charge in [-0.05, 0) is 35.0 Å². The van der Waals surface area contributed by atoms with Gasteiger partial charge in [-0.3, -0.25) is 4.79 Å². The Balaban J connectivity index is 1.89. The topological polar surface area (TPSA) is 56.1 Å². The van der Waals surface area contributed by atoms with Crippen molar-refractivity contribution >= 4 is 21.6 Å². The number of hydrogen-bond acceptors (Lipinski definition) is 4. The fourth-order valence-corrected chi connectivity index (χ4v) is 2.13. The molecule has 106 valence electrons. The van der Waals surface area contributed by atoms with Crippen molar-refractivity contribution < 1.29 is 4.74 Å². The number of para-hydroxylation sites is 1. The van der Waals surface area contributed by atoms with E-state index < -0.39 is 0 Å². The summed E-state index contributed by atoms with van der Waals surface area (Å²) >= 11 is 3.29. The van der Waals surface area contributed by atoms with Crippen LogP contribution in [0.25, 0.3) is 0 Å². The molecule has 0 spiro atoms. The highest BCUT2D eigenvalue weighted by Crippen LogP contribution is 2.15. The molecule has 0 amide bonds. The number of aromatic nitrogens is 2. The molecule has 0 saturated carbocycles. The van der Waals surface area contributed by atoms with E-state index in [4.69, 9.17) is 4.74 Å². The van der Waals surface area contributed by atoms with Gasteiger partial charge in [-0.1, -0.05) is 18.2 Å². The summed E-state index contributed by atoms with van der Waals surface area (Å²) < 4.78 is 7.45. The predicted molar refractivity (Wildman–Crippen MR) is 82.3 cm³/mol. The van der Waals surface area contributed by atoms with Crippen molar-refractivity contribution in [3.8, 4) is 5.75 Å². The van der Waals surface area contributed by atoms with Crippen LogP contribution in [0.5, 0.6) is 5.75 Å². The average molecular weight is 338 g/mol. The van der Waals surface area contributed by atoms with Gasteiger partial charge in [0.25, 0.3) is 5.56 Å². The lowest BCUT2D eigenvalue weighted by atomic mass is 10.3. The second-order valence-corrected chi connectivity index (χ2v) is 4.87. The Hall–Kier alpha value is -1.82. The van der Waals surface area contributed by atoms with E-state index >= 15 is 0 Å². The summed E-state index contributed by atoms with van der Waals surface area (Å²) in [6.07, 6.45) is 1.64. The van der Waals surface area contributed by atoms with Crippen LogP contribution in [0.15, 0.2) is 45.8 Å². The van der Waals surface area contributed by atoms with Crippen LogP contribution >= 0.6 is 15.9 Å². The highest BCUT2D eigenvalue weighted by Gasteiger charge is 2.07. The lowest BCUT2D eigenvalue weighted by Gasteiger charge is -2.10. The second kappa shape index (κ2) is 7.09. The summed E-state index contributed by atoms with van der Waals surface area (Å²) in [4.78, 5) is 11.9. The number of aryl methyl sites for hydroxylation is 1. The molecule has 0 saturated heterocycles. The van der Waals surface area contributed by atoms with Gasteiger partial charge in [0.15, 0.2) is 0 Å². The van der Waals surface area contributed by atoms with Crippen molar-refractivity contribution in [3.05, 3.63) is 51.4 Å². The lowest BCUT2D eigenvalue weighted by molar-refractivity contribution is 0.333. The maximum absolute atomic E-state index is 11.9. The minimum Gasteiger partial charge on any atom is -0.492 e. The zero-order valence-corrected chi connectivity index (χ0v) is 12.8. The van der Waals surface area contributed by atoms with Crippen molar-refractivity contribution in [1.29, 1.82) is 0 Å². The summed E-state index contributed by atoms with van der Waals surface area (Å²) in [7, 11) is 0. The van der Waals surface area contributed by atoms with E-state index in [2.05, 4.69) is 26.3 Å². The first-order valence-electron chi connectivity index (χ1n) is 6.39. The molecule has 0 unspecified atom stereocenters. The molecule has 1 N–H and O–H groups in total. The van der Waals surface area contributed by atoms with Gasteiger partial charge >= 0.3 is 0 Å². The summed E-state index contributed by atoms with van der Waals surface area (Å²) in [5.74, 6) is 0.827. The van der Waals surface area contributed by atoms with E-state index in [-0.39, 0.29) is 5.56 Å². The van der Waals surface area contributed by atoms with Crippen LogP contribution in [0.4, 0.5) is 5.69 Å². The van der Waals surface area contributed by atoms with Crippen molar-refractivity contribution in [1.82, 2.24) is 9.78 Å². The van der Waals surface area contributed by atoms with Crippen LogP contribution in [0.3, 0.4) is 0 Å². The van der Waals surface area contributed by atoms with Gasteiger partial charge in [0.05, 0.1) is 11.9 Å². The van der Waals surface area contributed by atoms with Crippen LogP contribution in [-0.2, 0) is 6.54 Å². The first-order chi connectivity index (χ1) is 9.72. The van der Waals surface area contributed by atoms with Crippen molar-refractivity contribution in [2.24, 2.45) is 0 Å². The highest BCUT2D eigenvalue weighted by atomic mass is 79.9. The largest absolute Gasteiger partial charge is 0.492 e. The molecule has 1 heterocycles. The van der Waals surface area contributed by atoms with Crippen molar-refractivity contribution in [3.63, 3.8) is 0 Å². The van der Waals surface area contributed by atoms with Crippen LogP contribution < -0.4 is 15.6 Å². The molecule has 2 rings (SSSR count). The lowest BCUT2D eigenvalue weighted by Crippen LogP contribution is -2.24. The van der Waals surface area contributed by atoms with Gasteiger partial charge in [0, 0.05) is 13.1 Å². The van der Waals surface area contributed by atoms with Crippen molar-refractivity contribution in [2.75, 3.05) is 18.5 Å². The standard InChI is InChI=1S/C14H16BrN3O2/c1-2-18-14(19)13(15)12(10-17-18)16-8-9-20-11-6-4-3-5-7-11/h3-7,10,16H,2,8-9H2,1H3. The monoisotopic (exact) mass is 337 g/mol. The predicted octanol–water partition coefficient (Wildman–Crippen LogP) is 2.52. The van der Waals surface area contributed by atoms with Gasteiger partial charge in [-0.25, -0.2) is 4.68 Å². The van der Waals surface area contributed by atoms with Gasteiger partial charge in [0.2, 0.25) is 0 Å².